The van der Waals surface area contributed by atoms with Gasteiger partial charge in [-0.2, -0.15) is 4.98 Å². The van der Waals surface area contributed by atoms with E-state index in [0.717, 1.165) is 15.6 Å². The molecule has 0 unspecified atom stereocenters. The summed E-state index contributed by atoms with van der Waals surface area (Å²) < 4.78 is 0. The molecular weight excluding hydrogens is 228 g/mol. The van der Waals surface area contributed by atoms with E-state index >= 15 is 0 Å². The summed E-state index contributed by atoms with van der Waals surface area (Å²) in [5.74, 6) is 0. The Morgan fingerprint density at radius 2 is 2.20 bits per heavy atom. The lowest BCUT2D eigenvalue weighted by Crippen LogP contribution is -2.10. The Hall–Kier alpha value is -1.27. The van der Waals surface area contributed by atoms with Gasteiger partial charge in [-0.1, -0.05) is 0 Å². The molecule has 2 aromatic rings. The summed E-state index contributed by atoms with van der Waals surface area (Å²) in [5.41, 5.74) is 0.837. The molecule has 0 atom stereocenters. The third-order valence-corrected chi connectivity index (χ3v) is 3.80. The van der Waals surface area contributed by atoms with Gasteiger partial charge in [-0.05, 0) is 32.8 Å². The molecule has 0 radical (unpaired) electrons. The van der Waals surface area contributed by atoms with Crippen molar-refractivity contribution in [1.82, 2.24) is 9.97 Å². The number of hydrogen-bond acceptors (Lipinski definition) is 6. The van der Waals surface area contributed by atoms with Gasteiger partial charge in [0.15, 0.2) is 5.13 Å². The summed E-state index contributed by atoms with van der Waals surface area (Å²) in [6.45, 7) is 0. The fourth-order valence-corrected chi connectivity index (χ4v) is 2.92. The van der Waals surface area contributed by atoms with Gasteiger partial charge >= 0.3 is 0 Å². The van der Waals surface area contributed by atoms with Gasteiger partial charge in [-0.15, -0.1) is 0 Å². The molecule has 0 aliphatic rings. The molecule has 2 rings (SSSR count). The van der Waals surface area contributed by atoms with Crippen molar-refractivity contribution in [2.75, 3.05) is 19.0 Å². The van der Waals surface area contributed by atoms with Crippen LogP contribution in [0.3, 0.4) is 0 Å². The largest absolute Gasteiger partial charge is 0.353 e. The van der Waals surface area contributed by atoms with Crippen molar-refractivity contribution in [2.45, 2.75) is 0 Å². The van der Waals surface area contributed by atoms with Gasteiger partial charge in [0.05, 0.1) is 11.9 Å². The number of rotatable bonds is 2. The molecule has 0 bridgehead atoms. The zero-order valence-electron chi connectivity index (χ0n) is 8.41. The zero-order valence-corrected chi connectivity index (χ0v) is 10.0. The van der Waals surface area contributed by atoms with Crippen LogP contribution in [-0.2, 0) is 0 Å². The second-order valence-corrected chi connectivity index (χ2v) is 5.12. The molecule has 0 aromatic carbocycles. The van der Waals surface area contributed by atoms with Crippen LogP contribution in [0, 0.1) is 0 Å². The SMILES string of the molecule is CN(C)c1nc(=Nc2cccnc2)ss1. The normalized spacial score (nSPS) is 11.7. The first kappa shape index (κ1) is 10.3. The Morgan fingerprint density at radius 3 is 2.80 bits per heavy atom. The molecule has 0 fully saturated rings. The first-order valence-electron chi connectivity index (χ1n) is 4.35. The zero-order chi connectivity index (χ0) is 10.7. The lowest BCUT2D eigenvalue weighted by atomic mass is 10.4. The summed E-state index contributed by atoms with van der Waals surface area (Å²) in [5, 5.41) is 0.975. The van der Waals surface area contributed by atoms with Crippen LogP contribution in [0.25, 0.3) is 0 Å². The third kappa shape index (κ3) is 2.60. The summed E-state index contributed by atoms with van der Waals surface area (Å²) in [4.78, 5) is 15.5. The van der Waals surface area contributed by atoms with E-state index in [1.807, 2.05) is 31.1 Å². The van der Waals surface area contributed by atoms with Crippen LogP contribution < -0.4 is 9.70 Å². The molecular formula is C9H10N4S2. The third-order valence-electron chi connectivity index (χ3n) is 1.64. The predicted octanol–water partition coefficient (Wildman–Crippen LogP) is 1.90. The van der Waals surface area contributed by atoms with E-state index in [9.17, 15) is 0 Å². The minimum Gasteiger partial charge on any atom is -0.353 e. The molecule has 0 aliphatic carbocycles. The van der Waals surface area contributed by atoms with Crippen molar-refractivity contribution in [3.63, 3.8) is 0 Å². The Kier molecular flexibility index (Phi) is 3.08. The molecule has 15 heavy (non-hydrogen) atoms. The fraction of sp³-hybridized carbons (Fsp3) is 0.222. The first-order valence-corrected chi connectivity index (χ1v) is 6.50. The van der Waals surface area contributed by atoms with Crippen LogP contribution in [0.5, 0.6) is 0 Å². The van der Waals surface area contributed by atoms with Crippen LogP contribution in [-0.4, -0.2) is 24.1 Å². The molecule has 0 spiro atoms. The minimum absolute atomic E-state index is 0.775. The maximum atomic E-state index is 4.37. The van der Waals surface area contributed by atoms with Gasteiger partial charge in [0, 0.05) is 20.3 Å². The Morgan fingerprint density at radius 1 is 1.33 bits per heavy atom. The van der Waals surface area contributed by atoms with Gasteiger partial charge in [0.2, 0.25) is 4.80 Å². The van der Waals surface area contributed by atoms with Crippen molar-refractivity contribution < 1.29 is 0 Å². The summed E-state index contributed by atoms with van der Waals surface area (Å²) >= 11 is 0. The second-order valence-electron chi connectivity index (χ2n) is 3.06. The van der Waals surface area contributed by atoms with Crippen LogP contribution in [0.2, 0.25) is 0 Å². The van der Waals surface area contributed by atoms with Crippen molar-refractivity contribution in [2.24, 2.45) is 4.99 Å². The highest BCUT2D eigenvalue weighted by Gasteiger charge is 1.99. The van der Waals surface area contributed by atoms with E-state index in [2.05, 4.69) is 15.0 Å². The van der Waals surface area contributed by atoms with Crippen LogP contribution in [0.15, 0.2) is 29.5 Å². The van der Waals surface area contributed by atoms with Gasteiger partial charge in [0.25, 0.3) is 0 Å². The van der Waals surface area contributed by atoms with Crippen LogP contribution in [0.4, 0.5) is 10.8 Å². The Bertz CT molecular complexity index is 486. The fourth-order valence-electron chi connectivity index (χ4n) is 0.942. The lowest BCUT2D eigenvalue weighted by molar-refractivity contribution is 1.08. The predicted molar refractivity (Wildman–Crippen MR) is 63.8 cm³/mol. The van der Waals surface area contributed by atoms with Gasteiger partial charge in [-0.25, -0.2) is 4.99 Å². The van der Waals surface area contributed by atoms with E-state index in [-0.39, 0.29) is 0 Å². The van der Waals surface area contributed by atoms with Crippen molar-refractivity contribution >= 4 is 31.5 Å². The van der Waals surface area contributed by atoms with E-state index < -0.39 is 0 Å². The number of pyridine rings is 1. The molecule has 0 N–H and O–H groups in total. The monoisotopic (exact) mass is 238 g/mol. The summed E-state index contributed by atoms with van der Waals surface area (Å²) in [6.07, 6.45) is 3.45. The molecule has 2 heterocycles. The average Bonchev–Trinajstić information content (AvgIpc) is 2.68. The molecule has 0 aliphatic heterocycles. The molecule has 2 aromatic heterocycles. The number of hydrogen-bond donors (Lipinski definition) is 0. The van der Waals surface area contributed by atoms with Gasteiger partial charge in [0.1, 0.15) is 0 Å². The van der Waals surface area contributed by atoms with Gasteiger partial charge in [-0.3, -0.25) is 4.98 Å². The van der Waals surface area contributed by atoms with Crippen molar-refractivity contribution in [1.29, 1.82) is 0 Å². The molecule has 0 saturated carbocycles. The van der Waals surface area contributed by atoms with Crippen LogP contribution >= 0.6 is 20.7 Å². The molecule has 0 saturated heterocycles. The Balaban J connectivity index is 2.34. The van der Waals surface area contributed by atoms with E-state index in [1.165, 1.54) is 0 Å². The topological polar surface area (TPSA) is 41.4 Å². The first-order chi connectivity index (χ1) is 7.25. The molecule has 6 heteroatoms. The standard InChI is InChI=1S/C9H10N4S2/c1-13(2)9-12-8(14-15-9)11-7-4-3-5-10-6-7/h3-6H,1-2H3. The highest BCUT2D eigenvalue weighted by atomic mass is 32.9. The minimum atomic E-state index is 0.775. The number of aromatic nitrogens is 2. The molecule has 78 valence electrons. The lowest BCUT2D eigenvalue weighted by Gasteiger charge is -2.03. The average molecular weight is 238 g/mol. The quantitative estimate of drug-likeness (QED) is 0.750. The Labute approximate surface area is 95.0 Å². The highest BCUT2D eigenvalue weighted by molar-refractivity contribution is 7.69. The summed E-state index contributed by atoms with van der Waals surface area (Å²) in [7, 11) is 7.13. The van der Waals surface area contributed by atoms with E-state index in [1.54, 1.807) is 33.1 Å². The molecule has 4 nitrogen and oxygen atoms in total. The second kappa shape index (κ2) is 4.50. The summed E-state index contributed by atoms with van der Waals surface area (Å²) in [6, 6.07) is 3.77. The van der Waals surface area contributed by atoms with Gasteiger partial charge < -0.3 is 4.90 Å². The molecule has 0 amide bonds. The number of nitrogens with zero attached hydrogens (tertiary/aromatic N) is 4. The van der Waals surface area contributed by atoms with E-state index in [0.29, 0.717) is 0 Å². The maximum absolute atomic E-state index is 4.37. The van der Waals surface area contributed by atoms with E-state index in [4.69, 9.17) is 0 Å². The number of anilines is 1. The smallest absolute Gasteiger partial charge is 0.222 e. The van der Waals surface area contributed by atoms with Crippen molar-refractivity contribution in [3.05, 3.63) is 29.3 Å². The highest BCUT2D eigenvalue weighted by Crippen LogP contribution is 2.16. The maximum Gasteiger partial charge on any atom is 0.222 e. The van der Waals surface area contributed by atoms with Crippen molar-refractivity contribution in [3.8, 4) is 0 Å². The van der Waals surface area contributed by atoms with Crippen LogP contribution in [0.1, 0.15) is 0 Å².